The average molecular weight is 280 g/mol. The van der Waals surface area contributed by atoms with E-state index in [9.17, 15) is 4.79 Å². The summed E-state index contributed by atoms with van der Waals surface area (Å²) < 4.78 is 5.15. The summed E-state index contributed by atoms with van der Waals surface area (Å²) in [6, 6.07) is 2.01. The predicted octanol–water partition coefficient (Wildman–Crippen LogP) is 0.774. The van der Waals surface area contributed by atoms with Crippen molar-refractivity contribution < 1.29 is 9.53 Å². The van der Waals surface area contributed by atoms with Gasteiger partial charge in [0.15, 0.2) is 0 Å². The lowest BCUT2D eigenvalue weighted by Gasteiger charge is -2.17. The van der Waals surface area contributed by atoms with E-state index in [0.717, 1.165) is 19.5 Å². The highest BCUT2D eigenvalue weighted by atomic mass is 32.1. The zero-order chi connectivity index (χ0) is 14.0. The van der Waals surface area contributed by atoms with Gasteiger partial charge in [-0.25, -0.2) is 0 Å². The first kappa shape index (κ1) is 13.6. The second-order valence-corrected chi connectivity index (χ2v) is 5.56. The molecule has 0 aliphatic carbocycles. The van der Waals surface area contributed by atoms with Crippen molar-refractivity contribution in [3.63, 3.8) is 0 Å². The average Bonchev–Trinajstić information content (AvgIpc) is 2.93. The molecule has 0 aromatic carbocycles. The van der Waals surface area contributed by atoms with Gasteiger partial charge in [0.2, 0.25) is 0 Å². The minimum Gasteiger partial charge on any atom is -0.396 e. The van der Waals surface area contributed by atoms with Crippen LogP contribution in [0, 0.1) is 17.2 Å². The SMILES string of the molecule is COCC1CCN(c2sc(C#N)c(N)c2C(N)=O)C1. The molecule has 0 spiro atoms. The van der Waals surface area contributed by atoms with Crippen LogP contribution in [-0.4, -0.2) is 32.7 Å². The van der Waals surface area contributed by atoms with Crippen molar-refractivity contribution in [2.75, 3.05) is 37.4 Å². The lowest BCUT2D eigenvalue weighted by Crippen LogP contribution is -2.23. The molecule has 1 atom stereocenters. The number of methoxy groups -OCH3 is 1. The van der Waals surface area contributed by atoms with Gasteiger partial charge in [0, 0.05) is 26.1 Å². The lowest BCUT2D eigenvalue weighted by molar-refractivity contribution is 0.100. The highest BCUT2D eigenvalue weighted by molar-refractivity contribution is 7.17. The Hall–Kier alpha value is -1.78. The van der Waals surface area contributed by atoms with Gasteiger partial charge < -0.3 is 21.1 Å². The Kier molecular flexibility index (Phi) is 3.93. The maximum atomic E-state index is 11.5. The molecule has 0 bridgehead atoms. The second-order valence-electron chi connectivity index (χ2n) is 4.56. The Morgan fingerprint density at radius 2 is 2.42 bits per heavy atom. The third-order valence-electron chi connectivity index (χ3n) is 3.25. The third-order valence-corrected chi connectivity index (χ3v) is 4.42. The summed E-state index contributed by atoms with van der Waals surface area (Å²) in [5, 5.41) is 9.72. The zero-order valence-corrected chi connectivity index (χ0v) is 11.5. The largest absolute Gasteiger partial charge is 0.396 e. The Balaban J connectivity index is 2.31. The Bertz CT molecular complexity index is 535. The zero-order valence-electron chi connectivity index (χ0n) is 10.7. The number of nitriles is 1. The number of hydrogen-bond acceptors (Lipinski definition) is 6. The molecule has 1 unspecified atom stereocenters. The van der Waals surface area contributed by atoms with Gasteiger partial charge in [0.05, 0.1) is 17.9 Å². The standard InChI is InChI=1S/C12H16N4O2S/c1-18-6-7-2-3-16(5-7)12-9(11(15)17)10(14)8(4-13)19-12/h7H,2-3,5-6,14H2,1H3,(H2,15,17). The quantitative estimate of drug-likeness (QED) is 0.847. The fraction of sp³-hybridized carbons (Fsp3) is 0.500. The molecule has 7 heteroatoms. The number of carbonyl (C=O) groups is 1. The molecule has 0 saturated carbocycles. The molecule has 102 valence electrons. The Morgan fingerprint density at radius 1 is 1.68 bits per heavy atom. The highest BCUT2D eigenvalue weighted by Crippen LogP contribution is 2.39. The van der Waals surface area contributed by atoms with Gasteiger partial charge in [-0.05, 0) is 6.42 Å². The molecule has 0 radical (unpaired) electrons. The van der Waals surface area contributed by atoms with Crippen molar-refractivity contribution in [1.29, 1.82) is 5.26 Å². The molecule has 2 heterocycles. The van der Waals surface area contributed by atoms with Crippen LogP contribution < -0.4 is 16.4 Å². The summed E-state index contributed by atoms with van der Waals surface area (Å²) in [6.45, 7) is 2.30. The number of thiophene rings is 1. The summed E-state index contributed by atoms with van der Waals surface area (Å²) in [4.78, 5) is 13.9. The van der Waals surface area contributed by atoms with Crippen LogP contribution in [0.25, 0.3) is 0 Å². The van der Waals surface area contributed by atoms with E-state index in [2.05, 4.69) is 4.90 Å². The summed E-state index contributed by atoms with van der Waals surface area (Å²) in [6.07, 6.45) is 0.992. The predicted molar refractivity (Wildman–Crippen MR) is 74.2 cm³/mol. The maximum Gasteiger partial charge on any atom is 0.253 e. The van der Waals surface area contributed by atoms with Crippen LogP contribution >= 0.6 is 11.3 Å². The van der Waals surface area contributed by atoms with Crippen LogP contribution in [0.3, 0.4) is 0 Å². The van der Waals surface area contributed by atoms with E-state index in [1.807, 2.05) is 6.07 Å². The second kappa shape index (κ2) is 5.47. The molecular weight excluding hydrogens is 264 g/mol. The monoisotopic (exact) mass is 280 g/mol. The van der Waals surface area contributed by atoms with Crippen molar-refractivity contribution in [3.8, 4) is 6.07 Å². The first-order valence-corrected chi connectivity index (χ1v) is 6.76. The number of primary amides is 1. The van der Waals surface area contributed by atoms with Gasteiger partial charge in [0.25, 0.3) is 5.91 Å². The third kappa shape index (κ3) is 2.50. The number of ether oxygens (including phenoxy) is 1. The summed E-state index contributed by atoms with van der Waals surface area (Å²) in [5.74, 6) is -0.153. The van der Waals surface area contributed by atoms with Crippen molar-refractivity contribution >= 4 is 27.9 Å². The molecule has 1 saturated heterocycles. The number of anilines is 2. The van der Waals surface area contributed by atoms with Gasteiger partial charge in [-0.1, -0.05) is 0 Å². The molecule has 1 aromatic rings. The van der Waals surface area contributed by atoms with E-state index >= 15 is 0 Å². The first-order valence-electron chi connectivity index (χ1n) is 5.94. The Morgan fingerprint density at radius 3 is 3.00 bits per heavy atom. The van der Waals surface area contributed by atoms with Crippen LogP contribution in [0.5, 0.6) is 0 Å². The molecule has 19 heavy (non-hydrogen) atoms. The number of hydrogen-bond donors (Lipinski definition) is 2. The van der Waals surface area contributed by atoms with Crippen molar-refractivity contribution in [2.45, 2.75) is 6.42 Å². The smallest absolute Gasteiger partial charge is 0.253 e. The van der Waals surface area contributed by atoms with Crippen LogP contribution in [-0.2, 0) is 4.74 Å². The summed E-state index contributed by atoms with van der Waals surface area (Å²) >= 11 is 1.23. The number of nitrogens with zero attached hydrogens (tertiary/aromatic N) is 2. The van der Waals surface area contributed by atoms with Gasteiger partial charge >= 0.3 is 0 Å². The van der Waals surface area contributed by atoms with Gasteiger partial charge in [-0.2, -0.15) is 5.26 Å². The van der Waals surface area contributed by atoms with Crippen LogP contribution in [0.2, 0.25) is 0 Å². The lowest BCUT2D eigenvalue weighted by atomic mass is 10.1. The van der Waals surface area contributed by atoms with E-state index in [4.69, 9.17) is 21.5 Å². The van der Waals surface area contributed by atoms with Crippen molar-refractivity contribution in [3.05, 3.63) is 10.4 Å². The maximum absolute atomic E-state index is 11.5. The topological polar surface area (TPSA) is 105 Å². The number of amides is 1. The van der Waals surface area contributed by atoms with E-state index in [1.54, 1.807) is 7.11 Å². The molecular formula is C12H16N4O2S. The number of carbonyl (C=O) groups excluding carboxylic acids is 1. The van der Waals surface area contributed by atoms with Crippen LogP contribution in [0.15, 0.2) is 0 Å². The molecule has 1 aliphatic heterocycles. The van der Waals surface area contributed by atoms with Crippen molar-refractivity contribution in [2.24, 2.45) is 11.7 Å². The fourth-order valence-electron chi connectivity index (χ4n) is 2.36. The molecule has 1 aliphatic rings. The van der Waals surface area contributed by atoms with E-state index in [-0.39, 0.29) is 11.3 Å². The normalized spacial score (nSPS) is 18.5. The van der Waals surface area contributed by atoms with Gasteiger partial charge in [-0.15, -0.1) is 11.3 Å². The van der Waals surface area contributed by atoms with Gasteiger partial charge in [-0.3, -0.25) is 4.79 Å². The van der Waals surface area contributed by atoms with Crippen LogP contribution in [0.1, 0.15) is 21.7 Å². The molecule has 1 aromatic heterocycles. The van der Waals surface area contributed by atoms with E-state index in [1.165, 1.54) is 11.3 Å². The molecule has 1 amide bonds. The number of nitrogens with two attached hydrogens (primary N) is 2. The first-order chi connectivity index (χ1) is 9.08. The molecule has 1 fully saturated rings. The fourth-order valence-corrected chi connectivity index (χ4v) is 3.42. The summed E-state index contributed by atoms with van der Waals surface area (Å²) in [5.41, 5.74) is 11.7. The molecule has 6 nitrogen and oxygen atoms in total. The van der Waals surface area contributed by atoms with Crippen molar-refractivity contribution in [1.82, 2.24) is 0 Å². The number of rotatable bonds is 4. The molecule has 2 rings (SSSR count). The van der Waals surface area contributed by atoms with Crippen LogP contribution in [0.4, 0.5) is 10.7 Å². The highest BCUT2D eigenvalue weighted by Gasteiger charge is 2.29. The van der Waals surface area contributed by atoms with Gasteiger partial charge in [0.1, 0.15) is 15.9 Å². The van der Waals surface area contributed by atoms with E-state index < -0.39 is 5.91 Å². The minimum absolute atomic E-state index is 0.199. The minimum atomic E-state index is -0.583. The van der Waals surface area contributed by atoms with E-state index in [0.29, 0.717) is 22.4 Å². The number of nitrogen functional groups attached to an aromatic ring is 1. The summed E-state index contributed by atoms with van der Waals surface area (Å²) in [7, 11) is 1.68. The Labute approximate surface area is 115 Å². The molecule has 4 N–H and O–H groups in total.